The van der Waals surface area contributed by atoms with E-state index in [2.05, 4.69) is 23.3 Å². The van der Waals surface area contributed by atoms with Gasteiger partial charge >= 0.3 is 0 Å². The molecule has 1 saturated heterocycles. The topological polar surface area (TPSA) is 41.3 Å². The maximum atomic E-state index is 5.92. The Labute approximate surface area is 99.1 Å². The third kappa shape index (κ3) is 2.84. The minimum atomic E-state index is 0.188. The van der Waals surface area contributed by atoms with Gasteiger partial charge in [-0.3, -0.25) is 0 Å². The monoisotopic (exact) mass is 223 g/mol. The number of nitrogens with two attached hydrogens (primary N) is 1. The van der Waals surface area contributed by atoms with E-state index in [1.807, 2.05) is 0 Å². The van der Waals surface area contributed by atoms with E-state index in [4.69, 9.17) is 5.73 Å². The summed E-state index contributed by atoms with van der Waals surface area (Å²) in [7, 11) is 2.18. The molecule has 2 aliphatic rings. The minimum Gasteiger partial charge on any atom is -0.329 e. The molecule has 2 rings (SSSR count). The van der Waals surface area contributed by atoms with Crippen molar-refractivity contribution in [1.82, 2.24) is 10.2 Å². The summed E-state index contributed by atoms with van der Waals surface area (Å²) in [6.45, 7) is 4.13. The van der Waals surface area contributed by atoms with Crippen molar-refractivity contribution in [3.05, 3.63) is 11.6 Å². The SMILES string of the molecule is CN1CCC(CN)(NCCC2=CCCC2)C1. The highest BCUT2D eigenvalue weighted by atomic mass is 15.2. The molecule has 0 aromatic rings. The van der Waals surface area contributed by atoms with Crippen LogP contribution in [0, 0.1) is 0 Å². The van der Waals surface area contributed by atoms with Crippen LogP contribution in [0.5, 0.6) is 0 Å². The highest BCUT2D eigenvalue weighted by Crippen LogP contribution is 2.22. The number of nitrogens with zero attached hydrogens (tertiary/aromatic N) is 1. The molecule has 0 spiro atoms. The fourth-order valence-corrected chi connectivity index (χ4v) is 2.92. The Hall–Kier alpha value is -0.380. The Balaban J connectivity index is 1.74. The average molecular weight is 223 g/mol. The molecule has 1 unspecified atom stereocenters. The summed E-state index contributed by atoms with van der Waals surface area (Å²) >= 11 is 0. The molecule has 1 fully saturated rings. The van der Waals surface area contributed by atoms with Crippen LogP contribution in [0.2, 0.25) is 0 Å². The van der Waals surface area contributed by atoms with E-state index in [1.54, 1.807) is 5.57 Å². The van der Waals surface area contributed by atoms with E-state index >= 15 is 0 Å². The molecule has 16 heavy (non-hydrogen) atoms. The molecular weight excluding hydrogens is 198 g/mol. The second-order valence-corrected chi connectivity index (χ2v) is 5.40. The van der Waals surface area contributed by atoms with Gasteiger partial charge in [-0.05, 0) is 52.2 Å². The quantitative estimate of drug-likeness (QED) is 0.686. The molecule has 3 heteroatoms. The van der Waals surface area contributed by atoms with E-state index in [0.717, 1.165) is 19.6 Å². The summed E-state index contributed by atoms with van der Waals surface area (Å²) in [6, 6.07) is 0. The molecule has 0 aromatic heterocycles. The van der Waals surface area contributed by atoms with Crippen molar-refractivity contribution in [3.8, 4) is 0 Å². The molecule has 1 atom stereocenters. The summed E-state index contributed by atoms with van der Waals surface area (Å²) in [5, 5.41) is 3.69. The maximum Gasteiger partial charge on any atom is 0.0444 e. The van der Waals surface area contributed by atoms with Crippen molar-refractivity contribution in [2.75, 3.05) is 33.2 Å². The van der Waals surface area contributed by atoms with E-state index in [1.165, 1.54) is 38.6 Å². The van der Waals surface area contributed by atoms with Gasteiger partial charge < -0.3 is 16.0 Å². The first-order valence-corrected chi connectivity index (χ1v) is 6.56. The van der Waals surface area contributed by atoms with E-state index in [9.17, 15) is 0 Å². The van der Waals surface area contributed by atoms with E-state index < -0.39 is 0 Å². The fourth-order valence-electron chi connectivity index (χ4n) is 2.92. The van der Waals surface area contributed by atoms with Crippen molar-refractivity contribution in [1.29, 1.82) is 0 Å². The number of nitrogens with one attached hydrogen (secondary N) is 1. The number of likely N-dealkylation sites (N-methyl/N-ethyl adjacent to an activating group) is 1. The first-order chi connectivity index (χ1) is 7.74. The highest BCUT2D eigenvalue weighted by molar-refractivity contribution is 5.08. The zero-order valence-corrected chi connectivity index (χ0v) is 10.5. The molecule has 92 valence electrons. The van der Waals surface area contributed by atoms with Crippen LogP contribution in [0.4, 0.5) is 0 Å². The number of rotatable bonds is 5. The summed E-state index contributed by atoms with van der Waals surface area (Å²) in [6.07, 6.45) is 8.79. The lowest BCUT2D eigenvalue weighted by Crippen LogP contribution is -2.53. The summed E-state index contributed by atoms with van der Waals surface area (Å²) in [5.41, 5.74) is 7.75. The van der Waals surface area contributed by atoms with Crippen LogP contribution in [-0.2, 0) is 0 Å². The fraction of sp³-hybridized carbons (Fsp3) is 0.846. The molecule has 1 aliphatic heterocycles. The Kier molecular flexibility index (Phi) is 4.00. The molecule has 3 nitrogen and oxygen atoms in total. The van der Waals surface area contributed by atoms with Gasteiger partial charge in [-0.25, -0.2) is 0 Å². The van der Waals surface area contributed by atoms with Crippen molar-refractivity contribution in [2.24, 2.45) is 5.73 Å². The molecule has 3 N–H and O–H groups in total. The predicted molar refractivity (Wildman–Crippen MR) is 68.5 cm³/mol. The Morgan fingerprint density at radius 1 is 1.56 bits per heavy atom. The van der Waals surface area contributed by atoms with Gasteiger partial charge in [0.25, 0.3) is 0 Å². The lowest BCUT2D eigenvalue weighted by Gasteiger charge is -2.29. The third-order valence-corrected chi connectivity index (χ3v) is 4.02. The van der Waals surface area contributed by atoms with Gasteiger partial charge in [0.2, 0.25) is 0 Å². The molecule has 0 amide bonds. The van der Waals surface area contributed by atoms with Crippen molar-refractivity contribution in [2.45, 2.75) is 37.6 Å². The first-order valence-electron chi connectivity index (χ1n) is 6.56. The van der Waals surface area contributed by atoms with Crippen LogP contribution >= 0.6 is 0 Å². The maximum absolute atomic E-state index is 5.92. The van der Waals surface area contributed by atoms with Crippen molar-refractivity contribution < 1.29 is 0 Å². The molecule has 1 heterocycles. The Morgan fingerprint density at radius 3 is 3.00 bits per heavy atom. The van der Waals surface area contributed by atoms with Gasteiger partial charge in [0, 0.05) is 18.6 Å². The molecule has 0 radical (unpaired) electrons. The van der Waals surface area contributed by atoms with Crippen molar-refractivity contribution >= 4 is 0 Å². The number of allylic oxidation sites excluding steroid dienone is 1. The number of hydrogen-bond acceptors (Lipinski definition) is 3. The van der Waals surface area contributed by atoms with Gasteiger partial charge in [-0.2, -0.15) is 0 Å². The summed E-state index contributed by atoms with van der Waals surface area (Å²) < 4.78 is 0. The largest absolute Gasteiger partial charge is 0.329 e. The highest BCUT2D eigenvalue weighted by Gasteiger charge is 2.34. The second-order valence-electron chi connectivity index (χ2n) is 5.40. The lowest BCUT2D eigenvalue weighted by atomic mass is 9.98. The zero-order valence-electron chi connectivity index (χ0n) is 10.5. The molecule has 0 saturated carbocycles. The van der Waals surface area contributed by atoms with E-state index in [0.29, 0.717) is 0 Å². The summed E-state index contributed by atoms with van der Waals surface area (Å²) in [4.78, 5) is 2.37. The number of hydrogen-bond donors (Lipinski definition) is 2. The summed E-state index contributed by atoms with van der Waals surface area (Å²) in [5.74, 6) is 0. The molecular formula is C13H25N3. The Bertz CT molecular complexity index is 262. The number of likely N-dealkylation sites (tertiary alicyclic amines) is 1. The van der Waals surface area contributed by atoms with Gasteiger partial charge in [-0.1, -0.05) is 11.6 Å². The predicted octanol–water partition coefficient (Wildman–Crippen LogP) is 1.11. The zero-order chi connectivity index (χ0) is 11.4. The lowest BCUT2D eigenvalue weighted by molar-refractivity contribution is 0.318. The standard InChI is InChI=1S/C13H25N3/c1-16-9-7-13(10-14,11-16)15-8-6-12-4-2-3-5-12/h4,15H,2-3,5-11,14H2,1H3. The van der Waals surface area contributed by atoms with E-state index in [-0.39, 0.29) is 5.54 Å². The van der Waals surface area contributed by atoms with Gasteiger partial charge in [0.05, 0.1) is 0 Å². The molecule has 0 aromatic carbocycles. The minimum absolute atomic E-state index is 0.188. The second kappa shape index (κ2) is 5.30. The van der Waals surface area contributed by atoms with Crippen molar-refractivity contribution in [3.63, 3.8) is 0 Å². The smallest absolute Gasteiger partial charge is 0.0444 e. The van der Waals surface area contributed by atoms with Crippen LogP contribution < -0.4 is 11.1 Å². The normalized spacial score (nSPS) is 31.0. The van der Waals surface area contributed by atoms with Crippen LogP contribution in [-0.4, -0.2) is 43.7 Å². The Morgan fingerprint density at radius 2 is 2.44 bits per heavy atom. The molecule has 0 bridgehead atoms. The van der Waals surface area contributed by atoms with Gasteiger partial charge in [0.15, 0.2) is 0 Å². The average Bonchev–Trinajstić information content (AvgIpc) is 2.89. The van der Waals surface area contributed by atoms with Crippen LogP contribution in [0.1, 0.15) is 32.1 Å². The van der Waals surface area contributed by atoms with Gasteiger partial charge in [0.1, 0.15) is 0 Å². The van der Waals surface area contributed by atoms with Gasteiger partial charge in [-0.15, -0.1) is 0 Å². The van der Waals surface area contributed by atoms with Crippen LogP contribution in [0.15, 0.2) is 11.6 Å². The molecule has 1 aliphatic carbocycles. The third-order valence-electron chi connectivity index (χ3n) is 4.02. The van der Waals surface area contributed by atoms with Crippen LogP contribution in [0.3, 0.4) is 0 Å². The van der Waals surface area contributed by atoms with Crippen LogP contribution in [0.25, 0.3) is 0 Å². The first kappa shape index (κ1) is 12.1.